The Bertz CT molecular complexity index is 374. The average molecular weight is 251 g/mol. The van der Waals surface area contributed by atoms with Crippen LogP contribution in [0.2, 0.25) is 0 Å². The standard InChI is InChI=1S/C12H11BrO/c1-2-10-7-11(13)5-6-12(10)14-8-9-3-4-9/h1,5-7,9H,3-4,8H2. The lowest BCUT2D eigenvalue weighted by molar-refractivity contribution is 0.299. The minimum atomic E-state index is 0.754. The third-order valence-electron chi connectivity index (χ3n) is 2.27. The van der Waals surface area contributed by atoms with Crippen LogP contribution in [0.15, 0.2) is 22.7 Å². The molecule has 0 spiro atoms. The molecule has 72 valence electrons. The maximum atomic E-state index is 5.64. The summed E-state index contributed by atoms with van der Waals surface area (Å²) in [6.07, 6.45) is 7.98. The van der Waals surface area contributed by atoms with Crippen molar-refractivity contribution >= 4 is 15.9 Å². The van der Waals surface area contributed by atoms with Crippen molar-refractivity contribution in [3.8, 4) is 18.1 Å². The van der Waals surface area contributed by atoms with E-state index in [4.69, 9.17) is 11.2 Å². The van der Waals surface area contributed by atoms with Crippen LogP contribution < -0.4 is 4.74 Å². The third kappa shape index (κ3) is 2.30. The number of terminal acetylenes is 1. The van der Waals surface area contributed by atoms with Gasteiger partial charge in [-0.05, 0) is 37.0 Å². The maximum absolute atomic E-state index is 5.64. The van der Waals surface area contributed by atoms with Crippen LogP contribution in [0.3, 0.4) is 0 Å². The molecule has 1 saturated carbocycles. The molecule has 14 heavy (non-hydrogen) atoms. The Labute approximate surface area is 92.6 Å². The van der Waals surface area contributed by atoms with Crippen LogP contribution in [0.25, 0.3) is 0 Å². The van der Waals surface area contributed by atoms with Crippen molar-refractivity contribution in [2.75, 3.05) is 6.61 Å². The monoisotopic (exact) mass is 250 g/mol. The fourth-order valence-corrected chi connectivity index (χ4v) is 1.59. The van der Waals surface area contributed by atoms with E-state index >= 15 is 0 Å². The first-order valence-electron chi connectivity index (χ1n) is 4.68. The van der Waals surface area contributed by atoms with E-state index in [9.17, 15) is 0 Å². The van der Waals surface area contributed by atoms with Gasteiger partial charge in [0, 0.05) is 4.47 Å². The predicted molar refractivity (Wildman–Crippen MR) is 60.3 cm³/mol. The Morgan fingerprint density at radius 1 is 1.50 bits per heavy atom. The van der Waals surface area contributed by atoms with Gasteiger partial charge in [-0.25, -0.2) is 0 Å². The molecule has 0 heterocycles. The highest BCUT2D eigenvalue weighted by molar-refractivity contribution is 9.10. The number of hydrogen-bond acceptors (Lipinski definition) is 1. The molecule has 0 N–H and O–H groups in total. The molecule has 0 bridgehead atoms. The zero-order valence-corrected chi connectivity index (χ0v) is 9.38. The fraction of sp³-hybridized carbons (Fsp3) is 0.333. The van der Waals surface area contributed by atoms with Crippen molar-refractivity contribution in [2.45, 2.75) is 12.8 Å². The van der Waals surface area contributed by atoms with E-state index in [2.05, 4.69) is 21.9 Å². The molecule has 1 aliphatic rings. The van der Waals surface area contributed by atoms with Crippen molar-refractivity contribution in [3.63, 3.8) is 0 Å². The van der Waals surface area contributed by atoms with Crippen LogP contribution in [0, 0.1) is 18.3 Å². The first-order chi connectivity index (χ1) is 6.79. The maximum Gasteiger partial charge on any atom is 0.134 e. The molecule has 0 radical (unpaired) electrons. The summed E-state index contributed by atoms with van der Waals surface area (Å²) in [7, 11) is 0. The summed E-state index contributed by atoms with van der Waals surface area (Å²) in [6, 6.07) is 5.77. The number of hydrogen-bond donors (Lipinski definition) is 0. The van der Waals surface area contributed by atoms with Gasteiger partial charge in [-0.2, -0.15) is 0 Å². The molecule has 2 heteroatoms. The summed E-state index contributed by atoms with van der Waals surface area (Å²) in [5.41, 5.74) is 0.819. The van der Waals surface area contributed by atoms with E-state index in [1.165, 1.54) is 12.8 Å². The summed E-state index contributed by atoms with van der Waals surface area (Å²) < 4.78 is 6.63. The zero-order valence-electron chi connectivity index (χ0n) is 7.79. The lowest BCUT2D eigenvalue weighted by Crippen LogP contribution is -2.00. The van der Waals surface area contributed by atoms with Crippen LogP contribution in [0.4, 0.5) is 0 Å². The summed E-state index contributed by atoms with van der Waals surface area (Å²) in [5.74, 6) is 4.20. The van der Waals surface area contributed by atoms with Gasteiger partial charge in [-0.3, -0.25) is 0 Å². The smallest absolute Gasteiger partial charge is 0.134 e. The van der Waals surface area contributed by atoms with Crippen LogP contribution in [0.5, 0.6) is 5.75 Å². The Morgan fingerprint density at radius 2 is 2.29 bits per heavy atom. The molecule has 1 aromatic carbocycles. The van der Waals surface area contributed by atoms with Crippen LogP contribution in [-0.2, 0) is 0 Å². The van der Waals surface area contributed by atoms with Gasteiger partial charge in [0.15, 0.2) is 0 Å². The van der Waals surface area contributed by atoms with Gasteiger partial charge in [-0.15, -0.1) is 6.42 Å². The fourth-order valence-electron chi connectivity index (χ4n) is 1.23. The van der Waals surface area contributed by atoms with Gasteiger partial charge < -0.3 is 4.74 Å². The van der Waals surface area contributed by atoms with Crippen LogP contribution in [0.1, 0.15) is 18.4 Å². The number of ether oxygens (including phenoxy) is 1. The van der Waals surface area contributed by atoms with Crippen LogP contribution >= 0.6 is 15.9 Å². The lowest BCUT2D eigenvalue weighted by Gasteiger charge is -2.07. The van der Waals surface area contributed by atoms with E-state index in [-0.39, 0.29) is 0 Å². The van der Waals surface area contributed by atoms with Crippen LogP contribution in [-0.4, -0.2) is 6.61 Å². The van der Waals surface area contributed by atoms with Gasteiger partial charge in [0.1, 0.15) is 5.75 Å². The average Bonchev–Trinajstić information content (AvgIpc) is 2.99. The van der Waals surface area contributed by atoms with Crippen molar-refractivity contribution < 1.29 is 4.74 Å². The highest BCUT2D eigenvalue weighted by Gasteiger charge is 2.22. The zero-order chi connectivity index (χ0) is 9.97. The molecule has 0 aromatic heterocycles. The van der Waals surface area contributed by atoms with Crippen molar-refractivity contribution in [1.29, 1.82) is 0 Å². The quantitative estimate of drug-likeness (QED) is 0.749. The summed E-state index contributed by atoms with van der Waals surface area (Å²) in [6.45, 7) is 0.802. The molecule has 0 saturated heterocycles. The summed E-state index contributed by atoms with van der Waals surface area (Å²) >= 11 is 3.38. The van der Waals surface area contributed by atoms with Gasteiger partial charge in [-0.1, -0.05) is 21.9 Å². The lowest BCUT2D eigenvalue weighted by atomic mass is 10.2. The van der Waals surface area contributed by atoms with Gasteiger partial charge in [0.2, 0.25) is 0 Å². The Kier molecular flexibility index (Phi) is 2.79. The molecule has 1 aromatic rings. The Morgan fingerprint density at radius 3 is 2.93 bits per heavy atom. The molecule has 1 fully saturated rings. The van der Waals surface area contributed by atoms with E-state index in [1.54, 1.807) is 0 Å². The molecule has 2 rings (SSSR count). The molecule has 0 atom stereocenters. The SMILES string of the molecule is C#Cc1cc(Br)ccc1OCC1CC1. The second-order valence-corrected chi connectivity index (χ2v) is 4.45. The second-order valence-electron chi connectivity index (χ2n) is 3.54. The first kappa shape index (κ1) is 9.61. The van der Waals surface area contributed by atoms with E-state index in [1.807, 2.05) is 18.2 Å². The minimum absolute atomic E-state index is 0.754. The summed E-state index contributed by atoms with van der Waals surface area (Å²) in [4.78, 5) is 0. The number of halogens is 1. The summed E-state index contributed by atoms with van der Waals surface area (Å²) in [5, 5.41) is 0. The largest absolute Gasteiger partial charge is 0.492 e. The Hall–Kier alpha value is -0.940. The van der Waals surface area contributed by atoms with Gasteiger partial charge >= 0.3 is 0 Å². The van der Waals surface area contributed by atoms with Gasteiger partial charge in [0.05, 0.1) is 12.2 Å². The minimum Gasteiger partial charge on any atom is -0.492 e. The molecular weight excluding hydrogens is 240 g/mol. The predicted octanol–water partition coefficient (Wildman–Crippen LogP) is 3.22. The first-order valence-corrected chi connectivity index (χ1v) is 5.48. The molecule has 0 aliphatic heterocycles. The van der Waals surface area contributed by atoms with E-state index in [0.717, 1.165) is 28.3 Å². The molecule has 0 amide bonds. The number of rotatable bonds is 3. The molecule has 1 aliphatic carbocycles. The molecule has 0 unspecified atom stereocenters. The van der Waals surface area contributed by atoms with Crippen molar-refractivity contribution in [3.05, 3.63) is 28.2 Å². The molecular formula is C12H11BrO. The van der Waals surface area contributed by atoms with Crippen molar-refractivity contribution in [1.82, 2.24) is 0 Å². The normalized spacial score (nSPS) is 14.9. The van der Waals surface area contributed by atoms with Gasteiger partial charge in [0.25, 0.3) is 0 Å². The Balaban J connectivity index is 2.10. The molecule has 1 nitrogen and oxygen atoms in total. The highest BCUT2D eigenvalue weighted by Crippen LogP contribution is 2.30. The van der Waals surface area contributed by atoms with Crippen molar-refractivity contribution in [2.24, 2.45) is 5.92 Å². The second kappa shape index (κ2) is 4.06. The highest BCUT2D eigenvalue weighted by atomic mass is 79.9. The van der Waals surface area contributed by atoms with E-state index in [0.29, 0.717) is 0 Å². The number of benzene rings is 1. The topological polar surface area (TPSA) is 9.23 Å². The third-order valence-corrected chi connectivity index (χ3v) is 2.76. The van der Waals surface area contributed by atoms with E-state index < -0.39 is 0 Å².